The van der Waals surface area contributed by atoms with Crippen molar-refractivity contribution in [3.63, 3.8) is 0 Å². The van der Waals surface area contributed by atoms with E-state index in [-0.39, 0.29) is 19.6 Å². The summed E-state index contributed by atoms with van der Waals surface area (Å²) in [4.78, 5) is 12.9. The second kappa shape index (κ2) is 39.4. The number of hydrogen-bond donors (Lipinski definition) is 4. The zero-order valence-electron chi connectivity index (χ0n) is 37.7. The zero-order valence-corrected chi connectivity index (χ0v) is 38.5. The fourth-order valence-electron chi connectivity index (χ4n) is 6.88. The van der Waals surface area contributed by atoms with Gasteiger partial charge in [-0.2, -0.15) is 8.42 Å². The quantitative estimate of drug-likeness (QED) is 0.0198. The summed E-state index contributed by atoms with van der Waals surface area (Å²) in [6.07, 6.45) is 39.7. The molecule has 1 aliphatic rings. The van der Waals surface area contributed by atoms with Crippen molar-refractivity contribution in [1.82, 2.24) is 0 Å². The number of rotatable bonds is 40. The van der Waals surface area contributed by atoms with Gasteiger partial charge in [-0.1, -0.05) is 171 Å². The maximum Gasteiger partial charge on any atom is 0.397 e. The van der Waals surface area contributed by atoms with Crippen molar-refractivity contribution in [3.8, 4) is 0 Å². The lowest BCUT2D eigenvalue weighted by Crippen LogP contribution is -2.60. The number of carbonyl (C=O) groups excluding carboxylic acids is 1. The van der Waals surface area contributed by atoms with Gasteiger partial charge in [-0.05, 0) is 57.8 Å². The highest BCUT2D eigenvalue weighted by Gasteiger charge is 2.48. The summed E-state index contributed by atoms with van der Waals surface area (Å²) in [6.45, 7) is 3.85. The number of allylic oxidation sites excluding steroid dienone is 10. The van der Waals surface area contributed by atoms with Gasteiger partial charge in [-0.15, -0.1) is 0 Å². The summed E-state index contributed by atoms with van der Waals surface area (Å²) in [5.74, 6) is -0.412. The Morgan fingerprint density at radius 1 is 0.639 bits per heavy atom. The van der Waals surface area contributed by atoms with Crippen LogP contribution in [0.15, 0.2) is 60.8 Å². The van der Waals surface area contributed by atoms with E-state index >= 15 is 0 Å². The lowest BCUT2D eigenvalue weighted by atomic mass is 9.99. The summed E-state index contributed by atoms with van der Waals surface area (Å²) in [6, 6.07) is 0. The van der Waals surface area contributed by atoms with Crippen molar-refractivity contribution >= 4 is 16.4 Å². The summed E-state index contributed by atoms with van der Waals surface area (Å²) in [5, 5.41) is 30.7. The predicted molar refractivity (Wildman–Crippen MR) is 243 cm³/mol. The molecule has 12 nitrogen and oxygen atoms in total. The Labute approximate surface area is 369 Å². The Hall–Kier alpha value is -2.20. The molecule has 6 atom stereocenters. The van der Waals surface area contributed by atoms with Gasteiger partial charge in [0.25, 0.3) is 0 Å². The largest absolute Gasteiger partial charge is 0.457 e. The molecule has 61 heavy (non-hydrogen) atoms. The Bertz CT molecular complexity index is 1300. The first-order chi connectivity index (χ1) is 29.6. The van der Waals surface area contributed by atoms with Gasteiger partial charge in [-0.25, -0.2) is 4.18 Å². The molecule has 1 heterocycles. The van der Waals surface area contributed by atoms with E-state index in [9.17, 15) is 28.5 Å². The molecule has 1 saturated heterocycles. The predicted octanol–water partition coefficient (Wildman–Crippen LogP) is 10.1. The number of carbonyl (C=O) groups is 1. The molecule has 1 rings (SSSR count). The third kappa shape index (κ3) is 33.0. The highest BCUT2D eigenvalue weighted by molar-refractivity contribution is 7.80. The topological polar surface area (TPSA) is 178 Å². The Kier molecular flexibility index (Phi) is 36.7. The van der Waals surface area contributed by atoms with Crippen LogP contribution in [-0.4, -0.2) is 97.5 Å². The number of ether oxygens (including phenoxy) is 4. The van der Waals surface area contributed by atoms with Crippen LogP contribution in [0.25, 0.3) is 0 Å². The van der Waals surface area contributed by atoms with E-state index in [1.165, 1.54) is 64.2 Å². The molecule has 0 aromatic carbocycles. The highest BCUT2D eigenvalue weighted by atomic mass is 32.3. The van der Waals surface area contributed by atoms with Crippen molar-refractivity contribution in [1.29, 1.82) is 0 Å². The van der Waals surface area contributed by atoms with Gasteiger partial charge < -0.3 is 34.3 Å². The fourth-order valence-corrected chi connectivity index (χ4v) is 7.38. The first-order valence-corrected chi connectivity index (χ1v) is 24.9. The highest BCUT2D eigenvalue weighted by Crippen LogP contribution is 2.26. The average Bonchev–Trinajstić information content (AvgIpc) is 3.23. The van der Waals surface area contributed by atoms with Crippen LogP contribution < -0.4 is 0 Å². The SMILES string of the molecule is CC/C=C\C/C=C\C/C=C\C/C=C\C/C=C\CCCCCCCCCC(=O)OC(COCCCCCCCCCCCCC)COC1OC(CO)C(O)C(OS(=O)(=O)O)C1O. The molecule has 0 amide bonds. The molecular formula is C48H84O12S. The monoisotopic (exact) mass is 885 g/mol. The van der Waals surface area contributed by atoms with E-state index in [1.807, 2.05) is 0 Å². The van der Waals surface area contributed by atoms with Crippen LogP contribution in [0.4, 0.5) is 0 Å². The van der Waals surface area contributed by atoms with Crippen molar-refractivity contribution in [2.45, 2.75) is 211 Å². The maximum absolute atomic E-state index is 12.9. The lowest BCUT2D eigenvalue weighted by Gasteiger charge is -2.41. The van der Waals surface area contributed by atoms with Gasteiger partial charge in [0.1, 0.15) is 30.5 Å². The van der Waals surface area contributed by atoms with Crippen LogP contribution in [0.5, 0.6) is 0 Å². The number of esters is 1. The second-order valence-corrected chi connectivity index (χ2v) is 17.0. The van der Waals surface area contributed by atoms with E-state index in [0.29, 0.717) is 13.0 Å². The molecule has 1 aliphatic heterocycles. The summed E-state index contributed by atoms with van der Waals surface area (Å²) in [5.41, 5.74) is 0. The standard InChI is InChI=1S/C48H84O12S/c1-3-5-7-9-11-13-15-16-17-18-19-20-21-22-23-24-25-26-27-29-31-33-35-37-44(50)58-42(40-56-38-36-34-32-30-28-14-12-10-8-6-4-2)41-57-48-46(52)47(60-61(53,54)55)45(51)43(39-49)59-48/h5,7,11,13,16-17,19-20,22-23,42-43,45-49,51-52H,3-4,6,8-10,12,14-15,18,21,24-41H2,1-2H3,(H,53,54,55)/b7-5-,13-11-,17-16-,20-19-,23-22-. The average molecular weight is 885 g/mol. The van der Waals surface area contributed by atoms with E-state index in [4.69, 9.17) is 23.5 Å². The van der Waals surface area contributed by atoms with Crippen LogP contribution >= 0.6 is 0 Å². The normalized spacial score (nSPS) is 20.7. The first kappa shape index (κ1) is 56.8. The van der Waals surface area contributed by atoms with Crippen LogP contribution in [0.3, 0.4) is 0 Å². The Morgan fingerprint density at radius 2 is 1.13 bits per heavy atom. The number of unbranched alkanes of at least 4 members (excludes halogenated alkanes) is 17. The molecule has 6 unspecified atom stereocenters. The van der Waals surface area contributed by atoms with Gasteiger partial charge in [0.2, 0.25) is 0 Å². The number of hydrogen-bond acceptors (Lipinski definition) is 11. The molecule has 0 aliphatic carbocycles. The third-order valence-electron chi connectivity index (χ3n) is 10.4. The Morgan fingerprint density at radius 3 is 1.66 bits per heavy atom. The van der Waals surface area contributed by atoms with Crippen molar-refractivity contribution in [2.75, 3.05) is 26.4 Å². The van der Waals surface area contributed by atoms with E-state index < -0.39 is 59.8 Å². The maximum atomic E-state index is 12.9. The first-order valence-electron chi connectivity index (χ1n) is 23.5. The van der Waals surface area contributed by atoms with Gasteiger partial charge in [-0.3, -0.25) is 9.35 Å². The second-order valence-electron chi connectivity index (χ2n) is 16.0. The van der Waals surface area contributed by atoms with Gasteiger partial charge >= 0.3 is 16.4 Å². The van der Waals surface area contributed by atoms with Crippen LogP contribution in [0.1, 0.15) is 174 Å². The van der Waals surface area contributed by atoms with Crippen LogP contribution in [0, 0.1) is 0 Å². The lowest BCUT2D eigenvalue weighted by molar-refractivity contribution is -0.301. The minimum Gasteiger partial charge on any atom is -0.457 e. The summed E-state index contributed by atoms with van der Waals surface area (Å²) in [7, 11) is -5.06. The molecule has 0 aromatic rings. The third-order valence-corrected chi connectivity index (χ3v) is 10.9. The summed E-state index contributed by atoms with van der Waals surface area (Å²) >= 11 is 0. The van der Waals surface area contributed by atoms with Gasteiger partial charge in [0.05, 0.1) is 19.8 Å². The number of aliphatic hydroxyl groups is 3. The zero-order chi connectivity index (χ0) is 44.7. The molecule has 0 spiro atoms. The van der Waals surface area contributed by atoms with Gasteiger partial charge in [0, 0.05) is 13.0 Å². The van der Waals surface area contributed by atoms with E-state index in [0.717, 1.165) is 83.5 Å². The summed E-state index contributed by atoms with van der Waals surface area (Å²) < 4.78 is 59.0. The van der Waals surface area contributed by atoms with Gasteiger partial charge in [0.15, 0.2) is 6.29 Å². The molecule has 4 N–H and O–H groups in total. The molecule has 1 fully saturated rings. The van der Waals surface area contributed by atoms with Crippen LogP contribution in [0.2, 0.25) is 0 Å². The van der Waals surface area contributed by atoms with Crippen molar-refractivity contribution in [3.05, 3.63) is 60.8 Å². The molecule has 0 radical (unpaired) electrons. The molecule has 0 saturated carbocycles. The minimum atomic E-state index is -5.06. The molecule has 0 aromatic heterocycles. The molecule has 354 valence electrons. The molecular weight excluding hydrogens is 801 g/mol. The molecule has 0 bridgehead atoms. The minimum absolute atomic E-state index is 0.0307. The van der Waals surface area contributed by atoms with Crippen molar-refractivity contribution in [2.24, 2.45) is 0 Å². The van der Waals surface area contributed by atoms with E-state index in [2.05, 4.69) is 78.8 Å². The fraction of sp³-hybridized carbons (Fsp3) is 0.771. The Balaban J connectivity index is 2.38. The van der Waals surface area contributed by atoms with E-state index in [1.54, 1.807) is 0 Å². The van der Waals surface area contributed by atoms with Crippen molar-refractivity contribution < 1.29 is 56.2 Å². The van der Waals surface area contributed by atoms with Crippen LogP contribution in [-0.2, 0) is 38.3 Å². The number of aliphatic hydroxyl groups excluding tert-OH is 3. The smallest absolute Gasteiger partial charge is 0.397 e. The molecule has 13 heteroatoms.